The van der Waals surface area contributed by atoms with Crippen molar-refractivity contribution in [1.82, 2.24) is 14.3 Å². The zero-order chi connectivity index (χ0) is 27.3. The van der Waals surface area contributed by atoms with Gasteiger partial charge in [-0.3, -0.25) is 4.79 Å². The SMILES string of the molecule is Cc1ccc(-n2c(C)cc(C=NNC(=O)CN(Cc3ccccc3)S(=O)(=O)c3ccc(C)cc3)c2C)cc1. The van der Waals surface area contributed by atoms with Crippen molar-refractivity contribution in [2.24, 2.45) is 5.10 Å². The number of hydrazone groups is 1. The van der Waals surface area contributed by atoms with Crippen LogP contribution < -0.4 is 5.43 Å². The monoisotopic (exact) mass is 528 g/mol. The first-order valence-electron chi connectivity index (χ1n) is 12.3. The zero-order valence-electron chi connectivity index (χ0n) is 22.0. The maximum atomic E-state index is 13.4. The maximum absolute atomic E-state index is 13.4. The number of carbonyl (C=O) groups is 1. The Morgan fingerprint density at radius 3 is 2.13 bits per heavy atom. The molecule has 0 saturated carbocycles. The van der Waals surface area contributed by atoms with Crippen molar-refractivity contribution < 1.29 is 13.2 Å². The van der Waals surface area contributed by atoms with Crippen LogP contribution in [-0.2, 0) is 21.4 Å². The third kappa shape index (κ3) is 6.27. The molecule has 3 aromatic carbocycles. The van der Waals surface area contributed by atoms with Crippen LogP contribution in [0.2, 0.25) is 0 Å². The highest BCUT2D eigenvalue weighted by molar-refractivity contribution is 7.89. The highest BCUT2D eigenvalue weighted by Gasteiger charge is 2.27. The number of aromatic nitrogens is 1. The van der Waals surface area contributed by atoms with Crippen molar-refractivity contribution in [3.63, 3.8) is 0 Å². The molecule has 0 saturated heterocycles. The predicted octanol–water partition coefficient (Wildman–Crippen LogP) is 5.05. The van der Waals surface area contributed by atoms with E-state index in [1.165, 1.54) is 9.87 Å². The number of nitrogens with one attached hydrogen (secondary N) is 1. The van der Waals surface area contributed by atoms with Gasteiger partial charge < -0.3 is 4.57 Å². The van der Waals surface area contributed by atoms with E-state index in [1.807, 2.05) is 64.1 Å². The third-order valence-electron chi connectivity index (χ3n) is 6.34. The van der Waals surface area contributed by atoms with Crippen molar-refractivity contribution in [2.75, 3.05) is 6.54 Å². The van der Waals surface area contributed by atoms with E-state index in [0.717, 1.165) is 33.8 Å². The van der Waals surface area contributed by atoms with E-state index < -0.39 is 15.9 Å². The van der Waals surface area contributed by atoms with Crippen LogP contribution in [0.5, 0.6) is 0 Å². The number of hydrogen-bond acceptors (Lipinski definition) is 4. The van der Waals surface area contributed by atoms with E-state index in [9.17, 15) is 13.2 Å². The molecule has 196 valence electrons. The second kappa shape index (κ2) is 11.6. The van der Waals surface area contributed by atoms with E-state index in [4.69, 9.17) is 0 Å². The Morgan fingerprint density at radius 1 is 0.895 bits per heavy atom. The lowest BCUT2D eigenvalue weighted by Gasteiger charge is -2.21. The predicted molar refractivity (Wildman–Crippen MR) is 151 cm³/mol. The molecule has 0 bridgehead atoms. The van der Waals surface area contributed by atoms with E-state index >= 15 is 0 Å². The van der Waals surface area contributed by atoms with Gasteiger partial charge in [-0.05, 0) is 63.6 Å². The summed E-state index contributed by atoms with van der Waals surface area (Å²) in [5.74, 6) is -0.528. The summed E-state index contributed by atoms with van der Waals surface area (Å²) >= 11 is 0. The summed E-state index contributed by atoms with van der Waals surface area (Å²) in [6.45, 7) is 7.64. The summed E-state index contributed by atoms with van der Waals surface area (Å²) in [5, 5.41) is 4.13. The van der Waals surface area contributed by atoms with Gasteiger partial charge in [-0.15, -0.1) is 0 Å². The standard InChI is InChI=1S/C30H32N4O3S/c1-22-10-14-28(15-11-22)34-24(3)18-27(25(34)4)19-31-32-30(35)21-33(20-26-8-6-5-7-9-26)38(36,37)29-16-12-23(2)13-17-29/h5-19H,20-21H2,1-4H3,(H,32,35). The molecule has 1 N–H and O–H groups in total. The van der Waals surface area contributed by atoms with Crippen LogP contribution >= 0.6 is 0 Å². The van der Waals surface area contributed by atoms with Crippen LogP contribution in [-0.4, -0.2) is 36.0 Å². The summed E-state index contributed by atoms with van der Waals surface area (Å²) in [6.07, 6.45) is 1.58. The highest BCUT2D eigenvalue weighted by atomic mass is 32.2. The van der Waals surface area contributed by atoms with Crippen molar-refractivity contribution in [1.29, 1.82) is 0 Å². The van der Waals surface area contributed by atoms with Crippen LogP contribution in [0.4, 0.5) is 0 Å². The van der Waals surface area contributed by atoms with Crippen LogP contribution in [0.25, 0.3) is 5.69 Å². The topological polar surface area (TPSA) is 83.8 Å². The molecule has 0 aliphatic heterocycles. The van der Waals surface area contributed by atoms with Gasteiger partial charge in [-0.1, -0.05) is 65.7 Å². The lowest BCUT2D eigenvalue weighted by atomic mass is 10.2. The number of hydrogen-bond donors (Lipinski definition) is 1. The van der Waals surface area contributed by atoms with Crippen LogP contribution in [0.3, 0.4) is 0 Å². The van der Waals surface area contributed by atoms with Gasteiger partial charge >= 0.3 is 0 Å². The molecule has 1 amide bonds. The first kappa shape index (κ1) is 27.0. The minimum Gasteiger partial charge on any atom is -0.318 e. The van der Waals surface area contributed by atoms with Crippen molar-refractivity contribution in [3.05, 3.63) is 119 Å². The molecule has 0 spiro atoms. The third-order valence-corrected chi connectivity index (χ3v) is 8.14. The van der Waals surface area contributed by atoms with Crippen molar-refractivity contribution >= 4 is 22.1 Å². The molecule has 0 radical (unpaired) electrons. The zero-order valence-corrected chi connectivity index (χ0v) is 22.9. The molecule has 1 aromatic heterocycles. The van der Waals surface area contributed by atoms with Gasteiger partial charge in [0.2, 0.25) is 10.0 Å². The molecule has 4 rings (SSSR count). The van der Waals surface area contributed by atoms with Crippen LogP contribution in [0.1, 0.15) is 33.6 Å². The van der Waals surface area contributed by atoms with Crippen molar-refractivity contribution in [3.8, 4) is 5.69 Å². The Hall–Kier alpha value is -4.01. The second-order valence-corrected chi connectivity index (χ2v) is 11.3. The fourth-order valence-electron chi connectivity index (χ4n) is 4.25. The van der Waals surface area contributed by atoms with Gasteiger partial charge in [0.05, 0.1) is 17.7 Å². The molecule has 0 atom stereocenters. The Bertz CT molecular complexity index is 1540. The molecule has 0 aliphatic rings. The average Bonchev–Trinajstić information content (AvgIpc) is 3.17. The van der Waals surface area contributed by atoms with Gasteiger partial charge in [0, 0.05) is 29.2 Å². The van der Waals surface area contributed by atoms with Gasteiger partial charge in [0.15, 0.2) is 0 Å². The highest BCUT2D eigenvalue weighted by Crippen LogP contribution is 2.21. The fourth-order valence-corrected chi connectivity index (χ4v) is 5.64. The Balaban J connectivity index is 1.51. The summed E-state index contributed by atoms with van der Waals surface area (Å²) < 4.78 is 30.1. The molecule has 0 fully saturated rings. The summed E-state index contributed by atoms with van der Waals surface area (Å²) in [7, 11) is -3.91. The van der Waals surface area contributed by atoms with Gasteiger partial charge in [0.25, 0.3) is 5.91 Å². The van der Waals surface area contributed by atoms with Crippen LogP contribution in [0.15, 0.2) is 94.9 Å². The lowest BCUT2D eigenvalue weighted by Crippen LogP contribution is -2.39. The smallest absolute Gasteiger partial charge is 0.255 e. The Morgan fingerprint density at radius 2 is 1.50 bits per heavy atom. The molecule has 0 unspecified atom stereocenters. The van der Waals surface area contributed by atoms with E-state index in [2.05, 4.69) is 39.4 Å². The Labute approximate surface area is 224 Å². The quantitative estimate of drug-likeness (QED) is 0.244. The molecular weight excluding hydrogens is 496 g/mol. The first-order valence-corrected chi connectivity index (χ1v) is 13.8. The summed E-state index contributed by atoms with van der Waals surface area (Å²) in [4.78, 5) is 13.0. The summed E-state index contributed by atoms with van der Waals surface area (Å²) in [6, 6.07) is 26.0. The lowest BCUT2D eigenvalue weighted by molar-refractivity contribution is -0.121. The fraction of sp³-hybridized carbons (Fsp3) is 0.200. The normalized spacial score (nSPS) is 11.8. The van der Waals surface area contributed by atoms with E-state index in [-0.39, 0.29) is 18.0 Å². The van der Waals surface area contributed by atoms with Gasteiger partial charge in [-0.25, -0.2) is 13.8 Å². The number of benzene rings is 3. The average molecular weight is 529 g/mol. The molecule has 4 aromatic rings. The van der Waals surface area contributed by atoms with Crippen LogP contribution in [0, 0.1) is 27.7 Å². The maximum Gasteiger partial charge on any atom is 0.255 e. The Kier molecular flexibility index (Phi) is 8.24. The molecule has 0 aliphatic carbocycles. The number of rotatable bonds is 9. The number of sulfonamides is 1. The minimum atomic E-state index is -3.91. The van der Waals surface area contributed by atoms with E-state index in [0.29, 0.717) is 0 Å². The summed E-state index contributed by atoms with van der Waals surface area (Å²) in [5.41, 5.74) is 9.35. The van der Waals surface area contributed by atoms with Gasteiger partial charge in [-0.2, -0.15) is 9.41 Å². The first-order chi connectivity index (χ1) is 18.1. The molecule has 8 heteroatoms. The largest absolute Gasteiger partial charge is 0.318 e. The number of carbonyl (C=O) groups excluding carboxylic acids is 1. The number of aryl methyl sites for hydroxylation is 3. The number of amides is 1. The van der Waals surface area contributed by atoms with Gasteiger partial charge in [0.1, 0.15) is 0 Å². The van der Waals surface area contributed by atoms with Crippen molar-refractivity contribution in [2.45, 2.75) is 39.1 Å². The molecule has 7 nitrogen and oxygen atoms in total. The van der Waals surface area contributed by atoms with E-state index in [1.54, 1.807) is 30.5 Å². The number of nitrogens with zero attached hydrogens (tertiary/aromatic N) is 3. The molecule has 1 heterocycles. The molecular formula is C30H32N4O3S. The second-order valence-electron chi connectivity index (χ2n) is 9.36. The molecule has 38 heavy (non-hydrogen) atoms. The minimum absolute atomic E-state index is 0.0614.